The van der Waals surface area contributed by atoms with Gasteiger partial charge in [0.25, 0.3) is 0 Å². The van der Waals surface area contributed by atoms with Gasteiger partial charge in [0.1, 0.15) is 5.82 Å². The number of piperidine rings is 2. The van der Waals surface area contributed by atoms with Gasteiger partial charge in [-0.05, 0) is 62.9 Å². The van der Waals surface area contributed by atoms with Crippen LogP contribution < -0.4 is 0 Å². The normalized spacial score (nSPS) is 22.6. The molecule has 0 bridgehead atoms. The number of carbonyl (C=O) groups excluding carboxylic acids is 1. The van der Waals surface area contributed by atoms with Crippen molar-refractivity contribution in [1.29, 1.82) is 5.26 Å². The van der Waals surface area contributed by atoms with Crippen LogP contribution in [0.1, 0.15) is 43.7 Å². The van der Waals surface area contributed by atoms with Crippen LogP contribution in [0.4, 0.5) is 4.39 Å². The van der Waals surface area contributed by atoms with E-state index in [1.807, 2.05) is 4.90 Å². The summed E-state index contributed by atoms with van der Waals surface area (Å²) in [5, 5.41) is 8.97. The summed E-state index contributed by atoms with van der Waals surface area (Å²) >= 11 is 0. The summed E-state index contributed by atoms with van der Waals surface area (Å²) in [5.74, 6) is 0.758. The number of nitrogens with zero attached hydrogens (tertiary/aromatic N) is 3. The highest BCUT2D eigenvalue weighted by atomic mass is 19.1. The van der Waals surface area contributed by atoms with Crippen molar-refractivity contribution in [3.8, 4) is 6.07 Å². The first-order chi connectivity index (χ1) is 12.1. The molecule has 0 unspecified atom stereocenters. The molecule has 0 N–H and O–H groups in total. The van der Waals surface area contributed by atoms with Gasteiger partial charge in [-0.15, -0.1) is 0 Å². The molecule has 1 amide bonds. The van der Waals surface area contributed by atoms with E-state index in [0.717, 1.165) is 45.4 Å². The number of amides is 1. The Morgan fingerprint density at radius 1 is 1.28 bits per heavy atom. The molecule has 1 aromatic carbocycles. The number of carbonyl (C=O) groups is 1. The van der Waals surface area contributed by atoms with Gasteiger partial charge in [-0.1, -0.05) is 6.92 Å². The molecule has 2 aliphatic heterocycles. The molecule has 134 valence electrons. The third-order valence-corrected chi connectivity index (χ3v) is 5.47. The number of halogens is 1. The van der Waals surface area contributed by atoms with Crippen LogP contribution in [0.3, 0.4) is 0 Å². The topological polar surface area (TPSA) is 47.3 Å². The van der Waals surface area contributed by atoms with Crippen molar-refractivity contribution in [2.45, 2.75) is 39.2 Å². The third-order valence-electron chi connectivity index (χ3n) is 5.47. The minimum Gasteiger partial charge on any atom is -0.342 e. The Hall–Kier alpha value is -1.93. The van der Waals surface area contributed by atoms with E-state index in [-0.39, 0.29) is 11.7 Å². The van der Waals surface area contributed by atoms with Crippen molar-refractivity contribution >= 4 is 5.91 Å². The van der Waals surface area contributed by atoms with Gasteiger partial charge in [0.2, 0.25) is 5.91 Å². The molecule has 0 spiro atoms. The Morgan fingerprint density at radius 2 is 2.04 bits per heavy atom. The molecular weight excluding hydrogens is 317 g/mol. The second-order valence-electron chi connectivity index (χ2n) is 7.50. The van der Waals surface area contributed by atoms with Gasteiger partial charge in [-0.3, -0.25) is 9.69 Å². The van der Waals surface area contributed by atoms with Crippen LogP contribution in [0, 0.1) is 29.0 Å². The molecule has 2 saturated heterocycles. The molecular formula is C20H26FN3O. The molecule has 0 aromatic heterocycles. The van der Waals surface area contributed by atoms with Gasteiger partial charge in [0.05, 0.1) is 11.6 Å². The van der Waals surface area contributed by atoms with Gasteiger partial charge in [-0.2, -0.15) is 5.26 Å². The Bertz CT molecular complexity index is 661. The van der Waals surface area contributed by atoms with Crippen LogP contribution in [0.5, 0.6) is 0 Å². The molecule has 0 aliphatic carbocycles. The van der Waals surface area contributed by atoms with E-state index in [0.29, 0.717) is 29.5 Å². The lowest BCUT2D eigenvalue weighted by Crippen LogP contribution is -2.45. The highest BCUT2D eigenvalue weighted by Gasteiger charge is 2.30. The molecule has 0 radical (unpaired) electrons. The first kappa shape index (κ1) is 17.9. The second-order valence-corrected chi connectivity index (χ2v) is 7.50. The maximum absolute atomic E-state index is 13.9. The first-order valence-corrected chi connectivity index (χ1v) is 9.26. The number of benzene rings is 1. The summed E-state index contributed by atoms with van der Waals surface area (Å²) in [6.07, 6.45) is 4.00. The van der Waals surface area contributed by atoms with Crippen molar-refractivity contribution < 1.29 is 9.18 Å². The number of likely N-dealkylation sites (tertiary alicyclic amines) is 2. The fourth-order valence-corrected chi connectivity index (χ4v) is 3.99. The highest BCUT2D eigenvalue weighted by Crippen LogP contribution is 2.25. The zero-order valence-electron chi connectivity index (χ0n) is 14.9. The quantitative estimate of drug-likeness (QED) is 0.847. The lowest BCUT2D eigenvalue weighted by molar-refractivity contribution is -0.138. The molecule has 2 fully saturated rings. The van der Waals surface area contributed by atoms with Gasteiger partial charge in [0.15, 0.2) is 0 Å². The predicted molar refractivity (Wildman–Crippen MR) is 94.1 cm³/mol. The average molecular weight is 343 g/mol. The van der Waals surface area contributed by atoms with E-state index < -0.39 is 0 Å². The molecule has 2 heterocycles. The molecule has 5 heteroatoms. The van der Waals surface area contributed by atoms with Crippen molar-refractivity contribution in [2.75, 3.05) is 26.2 Å². The van der Waals surface area contributed by atoms with Crippen LogP contribution >= 0.6 is 0 Å². The number of hydrogen-bond acceptors (Lipinski definition) is 3. The molecule has 0 saturated carbocycles. The molecule has 1 aromatic rings. The van der Waals surface area contributed by atoms with E-state index in [1.165, 1.54) is 18.6 Å². The van der Waals surface area contributed by atoms with Gasteiger partial charge >= 0.3 is 0 Å². The standard InChI is InChI=1S/C20H26FN3O/c1-15-3-2-8-24(13-15)20(25)17-6-9-23(10-7-17)14-18-11-16(12-22)4-5-19(18)21/h4-5,11,15,17H,2-3,6-10,13-14H2,1H3/t15-/m1/s1. The predicted octanol–water partition coefficient (Wildman–Crippen LogP) is 3.17. The fraction of sp³-hybridized carbons (Fsp3) is 0.600. The van der Waals surface area contributed by atoms with E-state index in [2.05, 4.69) is 17.9 Å². The van der Waals surface area contributed by atoms with Crippen LogP contribution in [-0.2, 0) is 11.3 Å². The number of rotatable bonds is 3. The number of nitriles is 1. The smallest absolute Gasteiger partial charge is 0.225 e. The molecule has 25 heavy (non-hydrogen) atoms. The Balaban J connectivity index is 1.53. The number of hydrogen-bond donors (Lipinski definition) is 0. The monoisotopic (exact) mass is 343 g/mol. The molecule has 4 nitrogen and oxygen atoms in total. The Morgan fingerprint density at radius 3 is 2.72 bits per heavy atom. The van der Waals surface area contributed by atoms with E-state index >= 15 is 0 Å². The first-order valence-electron chi connectivity index (χ1n) is 9.26. The summed E-state index contributed by atoms with van der Waals surface area (Å²) in [6, 6.07) is 6.55. The lowest BCUT2D eigenvalue weighted by atomic mass is 9.92. The van der Waals surface area contributed by atoms with Crippen molar-refractivity contribution in [3.63, 3.8) is 0 Å². The Kier molecular flexibility index (Phi) is 5.70. The van der Waals surface area contributed by atoms with Crippen molar-refractivity contribution in [1.82, 2.24) is 9.80 Å². The summed E-state index contributed by atoms with van der Waals surface area (Å²) in [4.78, 5) is 16.9. The summed E-state index contributed by atoms with van der Waals surface area (Å²) in [6.45, 7) is 6.11. The zero-order chi connectivity index (χ0) is 17.8. The van der Waals surface area contributed by atoms with Crippen LogP contribution in [0.2, 0.25) is 0 Å². The zero-order valence-corrected chi connectivity index (χ0v) is 14.9. The maximum atomic E-state index is 13.9. The minimum atomic E-state index is -0.264. The fourth-order valence-electron chi connectivity index (χ4n) is 3.99. The SMILES string of the molecule is C[C@@H]1CCCN(C(=O)C2CCN(Cc3cc(C#N)ccc3F)CC2)C1. The van der Waals surface area contributed by atoms with Crippen LogP contribution in [0.25, 0.3) is 0 Å². The third kappa shape index (κ3) is 4.38. The summed E-state index contributed by atoms with van der Waals surface area (Å²) in [5.41, 5.74) is 1.05. The van der Waals surface area contributed by atoms with Gasteiger partial charge in [-0.25, -0.2) is 4.39 Å². The van der Waals surface area contributed by atoms with Gasteiger partial charge in [0, 0.05) is 31.1 Å². The van der Waals surface area contributed by atoms with Crippen molar-refractivity contribution in [3.05, 3.63) is 35.1 Å². The van der Waals surface area contributed by atoms with E-state index in [1.54, 1.807) is 6.07 Å². The highest BCUT2D eigenvalue weighted by molar-refractivity contribution is 5.79. The van der Waals surface area contributed by atoms with Crippen LogP contribution in [-0.4, -0.2) is 41.9 Å². The minimum absolute atomic E-state index is 0.108. The largest absolute Gasteiger partial charge is 0.342 e. The average Bonchev–Trinajstić information content (AvgIpc) is 2.63. The summed E-state index contributed by atoms with van der Waals surface area (Å²) < 4.78 is 13.9. The molecule has 2 aliphatic rings. The second kappa shape index (κ2) is 7.97. The molecule has 1 atom stereocenters. The van der Waals surface area contributed by atoms with Crippen LogP contribution in [0.15, 0.2) is 18.2 Å². The van der Waals surface area contributed by atoms with Crippen molar-refractivity contribution in [2.24, 2.45) is 11.8 Å². The maximum Gasteiger partial charge on any atom is 0.225 e. The summed E-state index contributed by atoms with van der Waals surface area (Å²) in [7, 11) is 0. The van der Waals surface area contributed by atoms with Gasteiger partial charge < -0.3 is 4.90 Å². The van der Waals surface area contributed by atoms with E-state index in [9.17, 15) is 9.18 Å². The molecule has 3 rings (SSSR count). The Labute approximate surface area is 149 Å². The van der Waals surface area contributed by atoms with E-state index in [4.69, 9.17) is 5.26 Å². The lowest BCUT2D eigenvalue weighted by Gasteiger charge is -2.37.